The number of aromatic nitrogens is 3. The van der Waals surface area contributed by atoms with Gasteiger partial charge in [0.05, 0.1) is 12.1 Å². The summed E-state index contributed by atoms with van der Waals surface area (Å²) in [7, 11) is 0. The highest BCUT2D eigenvalue weighted by molar-refractivity contribution is 5.95. The van der Waals surface area contributed by atoms with E-state index in [2.05, 4.69) is 26.8 Å². The van der Waals surface area contributed by atoms with E-state index in [0.717, 1.165) is 41.2 Å². The van der Waals surface area contributed by atoms with Crippen molar-refractivity contribution in [2.24, 2.45) is 0 Å². The fourth-order valence-electron chi connectivity index (χ4n) is 3.11. The first kappa shape index (κ1) is 20.5. The minimum atomic E-state index is -0.919. The molecule has 1 heterocycles. The van der Waals surface area contributed by atoms with Crippen LogP contribution in [0.15, 0.2) is 54.6 Å². The number of rotatable bonds is 8. The average Bonchev–Trinajstić information content (AvgIpc) is 3.14. The van der Waals surface area contributed by atoms with Gasteiger partial charge in [-0.05, 0) is 41.7 Å². The quantitative estimate of drug-likeness (QED) is 0.542. The van der Waals surface area contributed by atoms with Crippen LogP contribution < -0.4 is 0 Å². The van der Waals surface area contributed by atoms with Gasteiger partial charge in [-0.2, -0.15) is 5.10 Å². The maximum Gasteiger partial charge on any atom is 0.336 e. The van der Waals surface area contributed by atoms with Crippen molar-refractivity contribution >= 4 is 12.0 Å². The van der Waals surface area contributed by atoms with Crippen molar-refractivity contribution in [2.45, 2.75) is 46.1 Å². The first-order valence-corrected chi connectivity index (χ1v) is 10.1. The van der Waals surface area contributed by atoms with E-state index >= 15 is 0 Å². The molecule has 29 heavy (non-hydrogen) atoms. The van der Waals surface area contributed by atoms with E-state index in [0.29, 0.717) is 18.0 Å². The molecular formula is C24H27N3O2. The lowest BCUT2D eigenvalue weighted by Crippen LogP contribution is -2.05. The molecular weight excluding hydrogens is 362 g/mol. The maximum absolute atomic E-state index is 11.5. The summed E-state index contributed by atoms with van der Waals surface area (Å²) >= 11 is 0. The van der Waals surface area contributed by atoms with Crippen LogP contribution in [-0.2, 0) is 6.54 Å². The minimum Gasteiger partial charge on any atom is -0.478 e. The third-order valence-electron chi connectivity index (χ3n) is 5.03. The fourth-order valence-corrected chi connectivity index (χ4v) is 3.11. The fraction of sp³-hybridized carbons (Fsp3) is 0.292. The molecule has 0 fully saturated rings. The highest BCUT2D eigenvalue weighted by Crippen LogP contribution is 2.24. The number of hydrogen-bond donors (Lipinski definition) is 1. The number of carboxylic acid groups (broad SMARTS) is 1. The second kappa shape index (κ2) is 9.32. The predicted molar refractivity (Wildman–Crippen MR) is 116 cm³/mol. The highest BCUT2D eigenvalue weighted by atomic mass is 16.4. The van der Waals surface area contributed by atoms with Crippen LogP contribution >= 0.6 is 0 Å². The first-order valence-electron chi connectivity index (χ1n) is 10.1. The van der Waals surface area contributed by atoms with Crippen molar-refractivity contribution in [3.8, 4) is 11.1 Å². The van der Waals surface area contributed by atoms with E-state index < -0.39 is 5.97 Å². The number of allylic oxidation sites excluding steroid dienone is 1. The number of aromatic carboxylic acids is 1. The van der Waals surface area contributed by atoms with E-state index in [1.54, 1.807) is 12.1 Å². The van der Waals surface area contributed by atoms with Gasteiger partial charge in [-0.1, -0.05) is 69.3 Å². The molecule has 1 N–H and O–H groups in total. The van der Waals surface area contributed by atoms with Crippen LogP contribution in [0.1, 0.15) is 67.1 Å². The van der Waals surface area contributed by atoms with E-state index in [1.165, 1.54) is 0 Å². The summed E-state index contributed by atoms with van der Waals surface area (Å²) in [5.74, 6) is 1.13. The van der Waals surface area contributed by atoms with Gasteiger partial charge in [-0.15, -0.1) is 0 Å². The van der Waals surface area contributed by atoms with Gasteiger partial charge in [0, 0.05) is 5.92 Å². The molecule has 0 saturated carbocycles. The molecule has 2 aromatic carbocycles. The molecule has 150 valence electrons. The van der Waals surface area contributed by atoms with Crippen LogP contribution in [0.3, 0.4) is 0 Å². The zero-order valence-electron chi connectivity index (χ0n) is 17.2. The number of carboxylic acids is 1. The van der Waals surface area contributed by atoms with Gasteiger partial charge in [0.15, 0.2) is 11.6 Å². The molecule has 1 aromatic heterocycles. The van der Waals surface area contributed by atoms with Gasteiger partial charge in [-0.25, -0.2) is 14.5 Å². The van der Waals surface area contributed by atoms with E-state index in [-0.39, 0.29) is 0 Å². The predicted octanol–water partition coefficient (Wildman–Crippen LogP) is 5.63. The minimum absolute atomic E-state index is 0.307. The Hall–Kier alpha value is -3.21. The van der Waals surface area contributed by atoms with Crippen molar-refractivity contribution < 1.29 is 9.90 Å². The van der Waals surface area contributed by atoms with Gasteiger partial charge >= 0.3 is 5.97 Å². The van der Waals surface area contributed by atoms with Gasteiger partial charge in [-0.3, -0.25) is 0 Å². The van der Waals surface area contributed by atoms with Crippen LogP contribution in [0, 0.1) is 0 Å². The molecule has 0 aliphatic heterocycles. The van der Waals surface area contributed by atoms with E-state index in [9.17, 15) is 9.90 Å². The third kappa shape index (κ3) is 4.80. The van der Waals surface area contributed by atoms with Gasteiger partial charge in [0.1, 0.15) is 0 Å². The summed E-state index contributed by atoms with van der Waals surface area (Å²) in [6.45, 7) is 7.00. The Bertz CT molecular complexity index is 1000. The Labute approximate surface area is 171 Å². The lowest BCUT2D eigenvalue weighted by Gasteiger charge is -2.08. The lowest BCUT2D eigenvalue weighted by atomic mass is 9.99. The van der Waals surface area contributed by atoms with Gasteiger partial charge < -0.3 is 5.11 Å². The van der Waals surface area contributed by atoms with Gasteiger partial charge in [0.2, 0.25) is 0 Å². The standard InChI is InChI=1S/C24H27N3O2/c1-4-6-11-22-25-23(17(3)5-2)26-27(22)16-18-12-14-19(15-13-18)20-9-7-8-10-21(20)24(28)29/h6-15,17H,4-5,16H2,1-3H3,(H,28,29). The summed E-state index contributed by atoms with van der Waals surface area (Å²) in [6, 6.07) is 15.0. The normalized spacial score (nSPS) is 12.4. The summed E-state index contributed by atoms with van der Waals surface area (Å²) in [4.78, 5) is 16.2. The first-order chi connectivity index (χ1) is 14.0. The Morgan fingerprint density at radius 2 is 1.86 bits per heavy atom. The molecule has 5 heteroatoms. The molecule has 0 amide bonds. The second-order valence-corrected chi connectivity index (χ2v) is 7.15. The summed E-state index contributed by atoms with van der Waals surface area (Å²) in [6.07, 6.45) is 6.06. The molecule has 3 aromatic rings. The summed E-state index contributed by atoms with van der Waals surface area (Å²) in [5.41, 5.74) is 3.00. The largest absolute Gasteiger partial charge is 0.478 e. The SMILES string of the molecule is CCC=Cc1nc(C(C)CC)nn1Cc1ccc(-c2ccccc2C(=O)O)cc1. The number of nitrogens with zero attached hydrogens (tertiary/aromatic N) is 3. The van der Waals surface area contributed by atoms with Gasteiger partial charge in [0.25, 0.3) is 0 Å². The Kier molecular flexibility index (Phi) is 6.60. The van der Waals surface area contributed by atoms with Crippen LogP contribution in [0.4, 0.5) is 0 Å². The van der Waals surface area contributed by atoms with Crippen LogP contribution in [0.5, 0.6) is 0 Å². The zero-order chi connectivity index (χ0) is 20.8. The molecule has 0 aliphatic carbocycles. The highest BCUT2D eigenvalue weighted by Gasteiger charge is 2.14. The average molecular weight is 389 g/mol. The Morgan fingerprint density at radius 3 is 2.52 bits per heavy atom. The van der Waals surface area contributed by atoms with Crippen molar-refractivity contribution in [1.29, 1.82) is 0 Å². The summed E-state index contributed by atoms with van der Waals surface area (Å²) in [5, 5.41) is 14.1. The smallest absolute Gasteiger partial charge is 0.336 e. The molecule has 0 spiro atoms. The lowest BCUT2D eigenvalue weighted by molar-refractivity contribution is 0.0697. The Morgan fingerprint density at radius 1 is 1.14 bits per heavy atom. The van der Waals surface area contributed by atoms with Crippen molar-refractivity contribution in [1.82, 2.24) is 14.8 Å². The molecule has 0 radical (unpaired) electrons. The number of hydrogen-bond acceptors (Lipinski definition) is 3. The van der Waals surface area contributed by atoms with Crippen molar-refractivity contribution in [2.75, 3.05) is 0 Å². The molecule has 0 saturated heterocycles. The zero-order valence-corrected chi connectivity index (χ0v) is 17.2. The van der Waals surface area contributed by atoms with Crippen molar-refractivity contribution in [3.05, 3.63) is 77.4 Å². The maximum atomic E-state index is 11.5. The number of carbonyl (C=O) groups is 1. The monoisotopic (exact) mass is 389 g/mol. The Balaban J connectivity index is 1.88. The second-order valence-electron chi connectivity index (χ2n) is 7.15. The molecule has 5 nitrogen and oxygen atoms in total. The molecule has 0 aliphatic rings. The van der Waals surface area contributed by atoms with Crippen LogP contribution in [-0.4, -0.2) is 25.8 Å². The molecule has 1 atom stereocenters. The van der Waals surface area contributed by atoms with E-state index in [1.807, 2.05) is 47.2 Å². The summed E-state index contributed by atoms with van der Waals surface area (Å²) < 4.78 is 1.94. The van der Waals surface area contributed by atoms with E-state index in [4.69, 9.17) is 10.1 Å². The van der Waals surface area contributed by atoms with Crippen LogP contribution in [0.25, 0.3) is 17.2 Å². The molecule has 1 unspecified atom stereocenters. The molecule has 0 bridgehead atoms. The third-order valence-corrected chi connectivity index (χ3v) is 5.03. The number of benzene rings is 2. The molecule has 3 rings (SSSR count). The van der Waals surface area contributed by atoms with Crippen LogP contribution in [0.2, 0.25) is 0 Å². The topological polar surface area (TPSA) is 68.0 Å². The van der Waals surface area contributed by atoms with Crippen molar-refractivity contribution in [3.63, 3.8) is 0 Å².